The molecule has 21 heavy (non-hydrogen) atoms. The quantitative estimate of drug-likeness (QED) is 0.824. The third-order valence-electron chi connectivity index (χ3n) is 3.45. The summed E-state index contributed by atoms with van der Waals surface area (Å²) in [4.78, 5) is 26.9. The van der Waals surface area contributed by atoms with Crippen LogP contribution in [0.4, 0.5) is 5.69 Å². The van der Waals surface area contributed by atoms with E-state index in [4.69, 9.17) is 17.3 Å². The normalized spacial score (nSPS) is 15.0. The van der Waals surface area contributed by atoms with Crippen molar-refractivity contribution in [2.45, 2.75) is 0 Å². The van der Waals surface area contributed by atoms with Crippen molar-refractivity contribution in [3.8, 4) is 0 Å². The van der Waals surface area contributed by atoms with Gasteiger partial charge in [-0.1, -0.05) is 23.7 Å². The smallest absolute Gasteiger partial charge is 0.242 e. The van der Waals surface area contributed by atoms with E-state index in [0.29, 0.717) is 18.1 Å². The Morgan fingerprint density at radius 1 is 1.19 bits per heavy atom. The molecule has 0 atom stereocenters. The number of hydrogen-bond donors (Lipinski definition) is 2. The molecular formula is C14H19ClN4O2. The minimum absolute atomic E-state index is 0.00211. The van der Waals surface area contributed by atoms with Crippen LogP contribution in [0, 0.1) is 0 Å². The van der Waals surface area contributed by atoms with Gasteiger partial charge in [0, 0.05) is 26.2 Å². The fourth-order valence-electron chi connectivity index (χ4n) is 2.26. The molecule has 1 fully saturated rings. The fourth-order valence-corrected chi connectivity index (χ4v) is 2.52. The van der Waals surface area contributed by atoms with Gasteiger partial charge in [0.05, 0.1) is 23.8 Å². The molecule has 1 aromatic rings. The van der Waals surface area contributed by atoms with Crippen molar-refractivity contribution in [1.82, 2.24) is 10.2 Å². The summed E-state index contributed by atoms with van der Waals surface area (Å²) in [6.45, 7) is 2.57. The Morgan fingerprint density at radius 3 is 2.48 bits per heavy atom. The standard InChI is InChI=1S/C14H19ClN4O2/c15-11-3-1-2-4-12(11)18-5-7-19(8-6-18)14(21)10-17-13(20)9-16/h1-4H,5-10,16H2,(H,17,20). The highest BCUT2D eigenvalue weighted by Crippen LogP contribution is 2.25. The first-order valence-electron chi connectivity index (χ1n) is 6.86. The lowest BCUT2D eigenvalue weighted by molar-refractivity contribution is -0.132. The number of carbonyl (C=O) groups is 2. The number of benzene rings is 1. The average molecular weight is 311 g/mol. The second-order valence-corrected chi connectivity index (χ2v) is 5.21. The van der Waals surface area contributed by atoms with Gasteiger partial charge in [-0.3, -0.25) is 9.59 Å². The van der Waals surface area contributed by atoms with E-state index in [-0.39, 0.29) is 24.9 Å². The van der Waals surface area contributed by atoms with Gasteiger partial charge >= 0.3 is 0 Å². The third-order valence-corrected chi connectivity index (χ3v) is 3.77. The number of piperazine rings is 1. The molecule has 3 N–H and O–H groups in total. The van der Waals surface area contributed by atoms with Gasteiger partial charge in [-0.25, -0.2) is 0 Å². The zero-order valence-corrected chi connectivity index (χ0v) is 12.5. The van der Waals surface area contributed by atoms with Crippen LogP contribution in [0.3, 0.4) is 0 Å². The molecule has 0 aromatic heterocycles. The number of para-hydroxylation sites is 1. The van der Waals surface area contributed by atoms with Crippen molar-refractivity contribution in [3.05, 3.63) is 29.3 Å². The van der Waals surface area contributed by atoms with E-state index >= 15 is 0 Å². The summed E-state index contributed by atoms with van der Waals surface area (Å²) in [5.41, 5.74) is 6.17. The highest BCUT2D eigenvalue weighted by atomic mass is 35.5. The molecule has 2 amide bonds. The van der Waals surface area contributed by atoms with Crippen LogP contribution in [0.15, 0.2) is 24.3 Å². The van der Waals surface area contributed by atoms with Crippen LogP contribution in [-0.4, -0.2) is 56.0 Å². The van der Waals surface area contributed by atoms with E-state index in [0.717, 1.165) is 18.8 Å². The predicted molar refractivity (Wildman–Crippen MR) is 82.3 cm³/mol. The van der Waals surface area contributed by atoms with Crippen molar-refractivity contribution < 1.29 is 9.59 Å². The lowest BCUT2D eigenvalue weighted by Crippen LogP contribution is -2.51. The topological polar surface area (TPSA) is 78.7 Å². The molecule has 1 aromatic carbocycles. The van der Waals surface area contributed by atoms with E-state index in [1.54, 1.807) is 4.90 Å². The third kappa shape index (κ3) is 4.09. The number of carbonyl (C=O) groups excluding carboxylic acids is 2. The Balaban J connectivity index is 1.84. The molecule has 1 aliphatic rings. The molecule has 7 heteroatoms. The first kappa shape index (κ1) is 15.6. The van der Waals surface area contributed by atoms with Crippen molar-refractivity contribution in [3.63, 3.8) is 0 Å². The number of nitrogens with two attached hydrogens (primary N) is 1. The molecule has 1 heterocycles. The van der Waals surface area contributed by atoms with Crippen molar-refractivity contribution in [2.75, 3.05) is 44.2 Å². The van der Waals surface area contributed by atoms with Gasteiger partial charge in [-0.05, 0) is 12.1 Å². The zero-order chi connectivity index (χ0) is 15.2. The Morgan fingerprint density at radius 2 is 1.86 bits per heavy atom. The number of halogens is 1. The monoisotopic (exact) mass is 310 g/mol. The summed E-state index contributed by atoms with van der Waals surface area (Å²) in [6, 6.07) is 7.67. The molecule has 6 nitrogen and oxygen atoms in total. The number of nitrogens with zero attached hydrogens (tertiary/aromatic N) is 2. The Bertz CT molecular complexity index is 515. The van der Waals surface area contributed by atoms with Gasteiger partial charge in [0.1, 0.15) is 0 Å². The highest BCUT2D eigenvalue weighted by molar-refractivity contribution is 6.33. The van der Waals surface area contributed by atoms with Crippen LogP contribution in [0.5, 0.6) is 0 Å². The van der Waals surface area contributed by atoms with Crippen LogP contribution in [0.1, 0.15) is 0 Å². The van der Waals surface area contributed by atoms with E-state index in [2.05, 4.69) is 10.2 Å². The summed E-state index contributed by atoms with van der Waals surface area (Å²) in [5, 5.41) is 3.21. The van der Waals surface area contributed by atoms with E-state index in [1.165, 1.54) is 0 Å². The van der Waals surface area contributed by atoms with Gasteiger partial charge in [0.15, 0.2) is 0 Å². The predicted octanol–water partition coefficient (Wildman–Crippen LogP) is 0.0635. The molecule has 0 unspecified atom stereocenters. The lowest BCUT2D eigenvalue weighted by Gasteiger charge is -2.36. The van der Waals surface area contributed by atoms with Gasteiger partial charge < -0.3 is 20.9 Å². The maximum Gasteiger partial charge on any atom is 0.242 e. The first-order chi connectivity index (χ1) is 10.1. The molecule has 0 saturated carbocycles. The SMILES string of the molecule is NCC(=O)NCC(=O)N1CCN(c2ccccc2Cl)CC1. The number of amides is 2. The van der Waals surface area contributed by atoms with Crippen molar-refractivity contribution >= 4 is 29.1 Å². The fraction of sp³-hybridized carbons (Fsp3) is 0.429. The molecule has 0 spiro atoms. The number of anilines is 1. The summed E-state index contributed by atoms with van der Waals surface area (Å²) >= 11 is 6.18. The van der Waals surface area contributed by atoms with Gasteiger partial charge in [0.2, 0.25) is 11.8 Å². The molecule has 1 saturated heterocycles. The largest absolute Gasteiger partial charge is 0.367 e. The summed E-state index contributed by atoms with van der Waals surface area (Å²) in [7, 11) is 0. The molecule has 0 radical (unpaired) electrons. The number of hydrogen-bond acceptors (Lipinski definition) is 4. The molecule has 2 rings (SSSR count). The summed E-state index contributed by atoms with van der Waals surface area (Å²) in [5.74, 6) is -0.409. The van der Waals surface area contributed by atoms with Gasteiger partial charge in [-0.2, -0.15) is 0 Å². The van der Waals surface area contributed by atoms with Gasteiger partial charge in [-0.15, -0.1) is 0 Å². The second-order valence-electron chi connectivity index (χ2n) is 4.80. The Kier molecular flexibility index (Phi) is 5.41. The van der Waals surface area contributed by atoms with Crippen molar-refractivity contribution in [1.29, 1.82) is 0 Å². The van der Waals surface area contributed by atoms with E-state index in [1.807, 2.05) is 24.3 Å². The zero-order valence-electron chi connectivity index (χ0n) is 11.7. The number of nitrogens with one attached hydrogen (secondary N) is 1. The van der Waals surface area contributed by atoms with E-state index in [9.17, 15) is 9.59 Å². The molecule has 0 bridgehead atoms. The van der Waals surface area contributed by atoms with E-state index < -0.39 is 0 Å². The maximum atomic E-state index is 12.0. The molecular weight excluding hydrogens is 292 g/mol. The van der Waals surface area contributed by atoms with Crippen molar-refractivity contribution in [2.24, 2.45) is 5.73 Å². The second kappa shape index (κ2) is 7.28. The molecule has 114 valence electrons. The van der Waals surface area contributed by atoms with Crippen LogP contribution < -0.4 is 16.0 Å². The van der Waals surface area contributed by atoms with Crippen LogP contribution >= 0.6 is 11.6 Å². The average Bonchev–Trinajstić information content (AvgIpc) is 2.53. The number of rotatable bonds is 4. The highest BCUT2D eigenvalue weighted by Gasteiger charge is 2.22. The Labute approximate surface area is 128 Å². The van der Waals surface area contributed by atoms with Crippen LogP contribution in [-0.2, 0) is 9.59 Å². The minimum atomic E-state index is -0.321. The van der Waals surface area contributed by atoms with Crippen LogP contribution in [0.25, 0.3) is 0 Å². The summed E-state index contributed by atoms with van der Waals surface area (Å²) < 4.78 is 0. The molecule has 1 aliphatic heterocycles. The lowest BCUT2D eigenvalue weighted by atomic mass is 10.2. The van der Waals surface area contributed by atoms with Crippen LogP contribution in [0.2, 0.25) is 5.02 Å². The van der Waals surface area contributed by atoms with Gasteiger partial charge in [0.25, 0.3) is 0 Å². The minimum Gasteiger partial charge on any atom is -0.367 e. The Hall–Kier alpha value is -1.79. The maximum absolute atomic E-state index is 12.0. The summed E-state index contributed by atoms with van der Waals surface area (Å²) in [6.07, 6.45) is 0. The first-order valence-corrected chi connectivity index (χ1v) is 7.23. The molecule has 0 aliphatic carbocycles.